The molecule has 4 nitrogen and oxygen atoms in total. The molecule has 0 aliphatic heterocycles. The number of hydrogen-bond donors (Lipinski definition) is 1. The summed E-state index contributed by atoms with van der Waals surface area (Å²) in [6.45, 7) is 0.711. The van der Waals surface area contributed by atoms with Crippen molar-refractivity contribution in [3.05, 3.63) is 29.0 Å². The van der Waals surface area contributed by atoms with Crippen LogP contribution in [0.3, 0.4) is 0 Å². The average molecular weight is 262 g/mol. The number of nitrogens with one attached hydrogen (secondary N) is 1. The first kappa shape index (κ1) is 13.7. The van der Waals surface area contributed by atoms with Gasteiger partial charge in [-0.15, -0.1) is 0 Å². The van der Waals surface area contributed by atoms with Crippen LogP contribution in [0.15, 0.2) is 18.2 Å². The van der Waals surface area contributed by atoms with Crippen LogP contribution in [0.25, 0.3) is 0 Å². The van der Waals surface area contributed by atoms with Crippen LogP contribution < -0.4 is 10.1 Å². The number of benzene rings is 1. The smallest absolute Gasteiger partial charge is 0.258 e. The number of ether oxygens (including phenoxy) is 2. The van der Waals surface area contributed by atoms with Crippen LogP contribution in [-0.2, 0) is 9.53 Å². The van der Waals surface area contributed by atoms with E-state index >= 15 is 0 Å². The number of carbonyl (C=O) groups excluding carboxylic acids is 1. The number of amides is 1. The second-order valence-electron chi connectivity index (χ2n) is 3.21. The molecule has 1 rings (SSSR count). The van der Waals surface area contributed by atoms with E-state index in [9.17, 15) is 9.18 Å². The highest BCUT2D eigenvalue weighted by molar-refractivity contribution is 6.30. The minimum atomic E-state index is -0.524. The Bertz CT molecular complexity index is 387. The highest BCUT2D eigenvalue weighted by Gasteiger charge is 2.04. The van der Waals surface area contributed by atoms with E-state index in [0.29, 0.717) is 18.9 Å². The van der Waals surface area contributed by atoms with Crippen molar-refractivity contribution in [1.82, 2.24) is 5.32 Å². The van der Waals surface area contributed by atoms with Gasteiger partial charge in [-0.3, -0.25) is 4.79 Å². The summed E-state index contributed by atoms with van der Waals surface area (Å²) in [6, 6.07) is 3.91. The van der Waals surface area contributed by atoms with Crippen molar-refractivity contribution in [2.75, 3.05) is 26.9 Å². The van der Waals surface area contributed by atoms with Gasteiger partial charge in [-0.25, -0.2) is 4.39 Å². The van der Waals surface area contributed by atoms with Gasteiger partial charge in [0.1, 0.15) is 11.6 Å². The predicted molar refractivity (Wildman–Crippen MR) is 61.8 cm³/mol. The Hall–Kier alpha value is -1.33. The molecule has 1 amide bonds. The van der Waals surface area contributed by atoms with E-state index in [1.54, 1.807) is 7.11 Å². The van der Waals surface area contributed by atoms with E-state index in [1.807, 2.05) is 0 Å². The van der Waals surface area contributed by atoms with Gasteiger partial charge in [0.05, 0.1) is 11.6 Å². The Morgan fingerprint density at radius 3 is 2.94 bits per heavy atom. The predicted octanol–water partition coefficient (Wildman–Crippen LogP) is 1.62. The second kappa shape index (κ2) is 7.09. The molecule has 0 saturated carbocycles. The number of rotatable bonds is 6. The Labute approximate surface area is 104 Å². The molecule has 0 bridgehead atoms. The van der Waals surface area contributed by atoms with Crippen molar-refractivity contribution >= 4 is 17.5 Å². The van der Waals surface area contributed by atoms with Gasteiger partial charge in [-0.2, -0.15) is 0 Å². The Balaban J connectivity index is 2.34. The lowest BCUT2D eigenvalue weighted by molar-refractivity contribution is -0.123. The largest absolute Gasteiger partial charge is 0.484 e. The lowest BCUT2D eigenvalue weighted by Crippen LogP contribution is -2.31. The van der Waals surface area contributed by atoms with Crippen LogP contribution in [0.4, 0.5) is 4.39 Å². The summed E-state index contributed by atoms with van der Waals surface area (Å²) >= 11 is 5.56. The van der Waals surface area contributed by atoms with Crippen LogP contribution in [0.2, 0.25) is 5.02 Å². The first-order valence-corrected chi connectivity index (χ1v) is 5.34. The van der Waals surface area contributed by atoms with Gasteiger partial charge >= 0.3 is 0 Å². The number of carbonyl (C=O) groups is 1. The molecule has 17 heavy (non-hydrogen) atoms. The monoisotopic (exact) mass is 261 g/mol. The van der Waals surface area contributed by atoms with Gasteiger partial charge in [0.25, 0.3) is 5.91 Å². The third-order valence-electron chi connectivity index (χ3n) is 1.89. The normalized spacial score (nSPS) is 10.1. The summed E-state index contributed by atoms with van der Waals surface area (Å²) in [5.41, 5.74) is 0. The molecule has 0 aliphatic rings. The van der Waals surface area contributed by atoms with Gasteiger partial charge in [-0.05, 0) is 12.1 Å². The van der Waals surface area contributed by atoms with E-state index in [2.05, 4.69) is 5.32 Å². The van der Waals surface area contributed by atoms with Crippen molar-refractivity contribution in [2.24, 2.45) is 0 Å². The SMILES string of the molecule is COCCNC(=O)COc1ccc(F)c(Cl)c1. The summed E-state index contributed by atoms with van der Waals surface area (Å²) in [6.07, 6.45) is 0. The van der Waals surface area contributed by atoms with Gasteiger partial charge in [0.2, 0.25) is 0 Å². The molecule has 0 spiro atoms. The fourth-order valence-corrected chi connectivity index (χ4v) is 1.23. The van der Waals surface area contributed by atoms with Gasteiger partial charge in [-0.1, -0.05) is 11.6 Å². The Morgan fingerprint density at radius 1 is 1.53 bits per heavy atom. The van der Waals surface area contributed by atoms with Crippen molar-refractivity contribution in [2.45, 2.75) is 0 Å². The molecule has 0 fully saturated rings. The second-order valence-corrected chi connectivity index (χ2v) is 3.61. The molecule has 0 aliphatic carbocycles. The van der Waals surface area contributed by atoms with Crippen LogP contribution in [-0.4, -0.2) is 32.8 Å². The molecule has 1 N–H and O–H groups in total. The topological polar surface area (TPSA) is 47.6 Å². The first-order valence-electron chi connectivity index (χ1n) is 4.97. The summed E-state index contributed by atoms with van der Waals surface area (Å²) in [5, 5.41) is 2.54. The first-order chi connectivity index (χ1) is 8.13. The third kappa shape index (κ3) is 5.01. The minimum absolute atomic E-state index is 0.0395. The maximum absolute atomic E-state index is 12.8. The zero-order valence-electron chi connectivity index (χ0n) is 9.33. The summed E-state index contributed by atoms with van der Waals surface area (Å²) in [5.74, 6) is -0.454. The number of methoxy groups -OCH3 is 1. The van der Waals surface area contributed by atoms with E-state index in [-0.39, 0.29) is 17.5 Å². The highest BCUT2D eigenvalue weighted by Crippen LogP contribution is 2.20. The fraction of sp³-hybridized carbons (Fsp3) is 0.364. The molecule has 0 heterocycles. The molecule has 94 valence electrons. The van der Waals surface area contributed by atoms with Crippen molar-refractivity contribution < 1.29 is 18.7 Å². The lowest BCUT2D eigenvalue weighted by Gasteiger charge is -2.07. The molecular weight excluding hydrogens is 249 g/mol. The van der Waals surface area contributed by atoms with E-state index < -0.39 is 5.82 Å². The number of halogens is 2. The van der Waals surface area contributed by atoms with Crippen molar-refractivity contribution in [1.29, 1.82) is 0 Å². The standard InChI is InChI=1S/C11H13ClFNO3/c1-16-5-4-14-11(15)7-17-8-2-3-10(13)9(12)6-8/h2-3,6H,4-5,7H2,1H3,(H,14,15). The molecule has 1 aromatic carbocycles. The Morgan fingerprint density at radius 2 is 2.29 bits per heavy atom. The molecule has 0 aromatic heterocycles. The summed E-state index contributed by atoms with van der Waals surface area (Å²) < 4.78 is 22.7. The highest BCUT2D eigenvalue weighted by atomic mass is 35.5. The zero-order chi connectivity index (χ0) is 12.7. The quantitative estimate of drug-likeness (QED) is 0.792. The molecule has 0 unspecified atom stereocenters. The van der Waals surface area contributed by atoms with Gasteiger partial charge in [0.15, 0.2) is 6.61 Å². The number of hydrogen-bond acceptors (Lipinski definition) is 3. The van der Waals surface area contributed by atoms with Crippen molar-refractivity contribution in [3.63, 3.8) is 0 Å². The molecule has 6 heteroatoms. The lowest BCUT2D eigenvalue weighted by atomic mass is 10.3. The average Bonchev–Trinajstić information content (AvgIpc) is 2.31. The van der Waals surface area contributed by atoms with E-state index in [1.165, 1.54) is 18.2 Å². The minimum Gasteiger partial charge on any atom is -0.484 e. The Kier molecular flexibility index (Phi) is 5.72. The third-order valence-corrected chi connectivity index (χ3v) is 2.18. The summed E-state index contributed by atoms with van der Waals surface area (Å²) in [4.78, 5) is 11.2. The van der Waals surface area contributed by atoms with Crippen LogP contribution in [0.5, 0.6) is 5.75 Å². The molecule has 0 radical (unpaired) electrons. The molecular formula is C11H13ClFNO3. The fourth-order valence-electron chi connectivity index (χ4n) is 1.06. The van der Waals surface area contributed by atoms with Gasteiger partial charge < -0.3 is 14.8 Å². The molecule has 0 atom stereocenters. The maximum atomic E-state index is 12.8. The molecule has 0 saturated heterocycles. The van der Waals surface area contributed by atoms with E-state index in [4.69, 9.17) is 21.1 Å². The molecule has 1 aromatic rings. The van der Waals surface area contributed by atoms with Crippen molar-refractivity contribution in [3.8, 4) is 5.75 Å². The van der Waals surface area contributed by atoms with Crippen LogP contribution in [0, 0.1) is 5.82 Å². The van der Waals surface area contributed by atoms with Gasteiger partial charge in [0, 0.05) is 19.7 Å². The van der Waals surface area contributed by atoms with Crippen LogP contribution >= 0.6 is 11.6 Å². The van der Waals surface area contributed by atoms with Crippen LogP contribution in [0.1, 0.15) is 0 Å². The maximum Gasteiger partial charge on any atom is 0.258 e. The van der Waals surface area contributed by atoms with E-state index in [0.717, 1.165) is 0 Å². The zero-order valence-corrected chi connectivity index (χ0v) is 10.1. The summed E-state index contributed by atoms with van der Waals surface area (Å²) in [7, 11) is 1.54.